The molecule has 0 spiro atoms. The van der Waals surface area contributed by atoms with Crippen LogP contribution in [-0.2, 0) is 0 Å². The number of rotatable bonds is 4. The Labute approximate surface area is 125 Å². The Bertz CT molecular complexity index is 611. The second kappa shape index (κ2) is 6.79. The van der Waals surface area contributed by atoms with Gasteiger partial charge in [0.15, 0.2) is 6.73 Å². The van der Waals surface area contributed by atoms with Gasteiger partial charge in [-0.05, 0) is 49.2 Å². The number of nitrogens with one attached hydrogen (secondary N) is 1. The molecule has 0 unspecified atom stereocenters. The molecule has 0 aromatic heterocycles. The van der Waals surface area contributed by atoms with E-state index in [0.29, 0.717) is 0 Å². The fourth-order valence-corrected chi connectivity index (χ4v) is 1.87. The highest BCUT2D eigenvalue weighted by Crippen LogP contribution is 2.16. The summed E-state index contributed by atoms with van der Waals surface area (Å²) in [4.78, 5) is 13.5. The maximum Gasteiger partial charge on any atom is 0.324 e. The highest BCUT2D eigenvalue weighted by atomic mass is 16.5. The van der Waals surface area contributed by atoms with Crippen molar-refractivity contribution in [2.24, 2.45) is 0 Å². The predicted octanol–water partition coefficient (Wildman–Crippen LogP) is 3.49. The molecule has 2 aromatic rings. The summed E-state index contributed by atoms with van der Waals surface area (Å²) in [5.41, 5.74) is 3.22. The number of benzene rings is 2. The zero-order valence-electron chi connectivity index (χ0n) is 12.6. The molecular formula is C17H20N2O2. The van der Waals surface area contributed by atoms with Crippen molar-refractivity contribution in [3.05, 3.63) is 59.7 Å². The lowest BCUT2D eigenvalue weighted by molar-refractivity contribution is 0.230. The zero-order valence-corrected chi connectivity index (χ0v) is 12.6. The standard InChI is InChI=1S/C17H20N2O2/c1-13-9-10-16(11-14(13)2)21-12-18-17(20)19(3)15-7-5-4-6-8-15/h4-11H,12H2,1-3H3,(H,18,20). The maximum atomic E-state index is 12.0. The number of amides is 2. The van der Waals surface area contributed by atoms with Crippen molar-refractivity contribution in [1.82, 2.24) is 5.32 Å². The monoisotopic (exact) mass is 284 g/mol. The SMILES string of the molecule is Cc1ccc(OCNC(=O)N(C)c2ccccc2)cc1C. The van der Waals surface area contributed by atoms with E-state index in [1.165, 1.54) is 11.1 Å². The predicted molar refractivity (Wildman–Crippen MR) is 84.8 cm³/mol. The van der Waals surface area contributed by atoms with Gasteiger partial charge in [0.05, 0.1) is 0 Å². The van der Waals surface area contributed by atoms with E-state index < -0.39 is 0 Å². The van der Waals surface area contributed by atoms with Crippen molar-refractivity contribution in [3.63, 3.8) is 0 Å². The largest absolute Gasteiger partial charge is 0.473 e. The van der Waals surface area contributed by atoms with Gasteiger partial charge in [0.1, 0.15) is 5.75 Å². The number of hydrogen-bond acceptors (Lipinski definition) is 2. The lowest BCUT2D eigenvalue weighted by Crippen LogP contribution is -2.39. The van der Waals surface area contributed by atoms with Crippen molar-refractivity contribution in [3.8, 4) is 5.75 Å². The van der Waals surface area contributed by atoms with E-state index in [-0.39, 0.29) is 12.8 Å². The topological polar surface area (TPSA) is 41.6 Å². The summed E-state index contributed by atoms with van der Waals surface area (Å²) in [6.45, 7) is 4.22. The summed E-state index contributed by atoms with van der Waals surface area (Å²) in [5.74, 6) is 0.751. The summed E-state index contributed by atoms with van der Waals surface area (Å²) < 4.78 is 5.54. The lowest BCUT2D eigenvalue weighted by atomic mass is 10.1. The molecule has 0 bridgehead atoms. The van der Waals surface area contributed by atoms with Crippen LogP contribution in [0.25, 0.3) is 0 Å². The molecule has 4 nitrogen and oxygen atoms in total. The molecule has 0 aliphatic rings. The minimum absolute atomic E-state index is 0.137. The number of aryl methyl sites for hydroxylation is 2. The number of urea groups is 1. The number of anilines is 1. The van der Waals surface area contributed by atoms with Gasteiger partial charge in [0, 0.05) is 12.7 Å². The van der Waals surface area contributed by atoms with Crippen LogP contribution in [0, 0.1) is 13.8 Å². The van der Waals surface area contributed by atoms with E-state index in [1.54, 1.807) is 11.9 Å². The first kappa shape index (κ1) is 14.9. The summed E-state index contributed by atoms with van der Waals surface area (Å²) in [6.07, 6.45) is 0. The summed E-state index contributed by atoms with van der Waals surface area (Å²) in [6, 6.07) is 15.1. The van der Waals surface area contributed by atoms with Crippen molar-refractivity contribution in [2.45, 2.75) is 13.8 Å². The van der Waals surface area contributed by atoms with Gasteiger partial charge < -0.3 is 10.1 Å². The van der Waals surface area contributed by atoms with Crippen LogP contribution in [0.15, 0.2) is 48.5 Å². The van der Waals surface area contributed by atoms with E-state index in [2.05, 4.69) is 12.2 Å². The molecule has 2 aromatic carbocycles. The van der Waals surface area contributed by atoms with Crippen LogP contribution in [0.1, 0.15) is 11.1 Å². The van der Waals surface area contributed by atoms with Gasteiger partial charge >= 0.3 is 6.03 Å². The first-order chi connectivity index (χ1) is 10.1. The fourth-order valence-electron chi connectivity index (χ4n) is 1.87. The Balaban J connectivity index is 1.85. The maximum absolute atomic E-state index is 12.0. The van der Waals surface area contributed by atoms with E-state index in [0.717, 1.165) is 11.4 Å². The molecular weight excluding hydrogens is 264 g/mol. The van der Waals surface area contributed by atoms with Crippen molar-refractivity contribution in [1.29, 1.82) is 0 Å². The molecule has 0 radical (unpaired) electrons. The minimum Gasteiger partial charge on any atom is -0.473 e. The first-order valence-corrected chi connectivity index (χ1v) is 6.84. The van der Waals surface area contributed by atoms with Crippen LogP contribution in [0.5, 0.6) is 5.75 Å². The second-order valence-electron chi connectivity index (χ2n) is 4.91. The molecule has 0 saturated carbocycles. The molecule has 0 fully saturated rings. The molecule has 2 amide bonds. The van der Waals surface area contributed by atoms with Gasteiger partial charge in [0.25, 0.3) is 0 Å². The second-order valence-corrected chi connectivity index (χ2v) is 4.91. The van der Waals surface area contributed by atoms with Gasteiger partial charge in [-0.3, -0.25) is 4.90 Å². The minimum atomic E-state index is -0.204. The van der Waals surface area contributed by atoms with Crippen LogP contribution in [0.4, 0.5) is 10.5 Å². The van der Waals surface area contributed by atoms with E-state index >= 15 is 0 Å². The van der Waals surface area contributed by atoms with Gasteiger partial charge in [0.2, 0.25) is 0 Å². The average Bonchev–Trinajstić information content (AvgIpc) is 2.51. The van der Waals surface area contributed by atoms with Crippen molar-refractivity contribution < 1.29 is 9.53 Å². The highest BCUT2D eigenvalue weighted by molar-refractivity contribution is 5.91. The number of para-hydroxylation sites is 1. The fraction of sp³-hybridized carbons (Fsp3) is 0.235. The molecule has 21 heavy (non-hydrogen) atoms. The van der Waals surface area contributed by atoms with E-state index in [1.807, 2.05) is 55.5 Å². The van der Waals surface area contributed by atoms with Crippen LogP contribution in [0.2, 0.25) is 0 Å². The number of carbonyl (C=O) groups excluding carboxylic acids is 1. The normalized spacial score (nSPS) is 10.0. The van der Waals surface area contributed by atoms with Crippen LogP contribution >= 0.6 is 0 Å². The Morgan fingerprint density at radius 2 is 1.81 bits per heavy atom. The Hall–Kier alpha value is -2.49. The smallest absolute Gasteiger partial charge is 0.324 e. The molecule has 0 saturated heterocycles. The quantitative estimate of drug-likeness (QED) is 0.873. The third-order valence-electron chi connectivity index (χ3n) is 3.39. The first-order valence-electron chi connectivity index (χ1n) is 6.84. The van der Waals surface area contributed by atoms with Crippen molar-refractivity contribution >= 4 is 11.7 Å². The molecule has 110 valence electrons. The number of nitrogens with zero attached hydrogens (tertiary/aromatic N) is 1. The van der Waals surface area contributed by atoms with Crippen molar-refractivity contribution in [2.75, 3.05) is 18.7 Å². The number of ether oxygens (including phenoxy) is 1. The molecule has 2 rings (SSSR count). The molecule has 4 heteroatoms. The number of hydrogen-bond donors (Lipinski definition) is 1. The Morgan fingerprint density at radius 1 is 1.10 bits per heavy atom. The molecule has 0 heterocycles. The van der Waals surface area contributed by atoms with Gasteiger partial charge in [-0.15, -0.1) is 0 Å². The van der Waals surface area contributed by atoms with Crippen LogP contribution in [0.3, 0.4) is 0 Å². The summed E-state index contributed by atoms with van der Waals surface area (Å²) in [7, 11) is 1.72. The molecule has 0 aliphatic heterocycles. The molecule has 0 atom stereocenters. The summed E-state index contributed by atoms with van der Waals surface area (Å²) >= 11 is 0. The van der Waals surface area contributed by atoms with Gasteiger partial charge in [-0.2, -0.15) is 0 Å². The molecule has 1 N–H and O–H groups in total. The highest BCUT2D eigenvalue weighted by Gasteiger charge is 2.09. The van der Waals surface area contributed by atoms with E-state index in [4.69, 9.17) is 4.74 Å². The summed E-state index contributed by atoms with van der Waals surface area (Å²) in [5, 5.41) is 2.73. The van der Waals surface area contributed by atoms with Gasteiger partial charge in [-0.25, -0.2) is 4.79 Å². The van der Waals surface area contributed by atoms with Gasteiger partial charge in [-0.1, -0.05) is 24.3 Å². The average molecular weight is 284 g/mol. The Morgan fingerprint density at radius 3 is 2.48 bits per heavy atom. The zero-order chi connectivity index (χ0) is 15.2. The molecule has 0 aliphatic carbocycles. The third-order valence-corrected chi connectivity index (χ3v) is 3.39. The Kier molecular flexibility index (Phi) is 4.82. The van der Waals surface area contributed by atoms with Crippen LogP contribution in [-0.4, -0.2) is 19.8 Å². The number of carbonyl (C=O) groups is 1. The third kappa shape index (κ3) is 3.99. The van der Waals surface area contributed by atoms with Crippen LogP contribution < -0.4 is 15.0 Å². The lowest BCUT2D eigenvalue weighted by Gasteiger charge is -2.18. The van der Waals surface area contributed by atoms with E-state index in [9.17, 15) is 4.79 Å².